The monoisotopic (exact) mass is 636 g/mol. The molecule has 0 aromatic heterocycles. The molecule has 3 N–H and O–H groups in total. The van der Waals surface area contributed by atoms with Crippen LogP contribution >= 0.6 is 22.6 Å². The van der Waals surface area contributed by atoms with Gasteiger partial charge in [-0.25, -0.2) is 0 Å². The summed E-state index contributed by atoms with van der Waals surface area (Å²) in [5, 5.41) is 3.16. The van der Waals surface area contributed by atoms with Crippen LogP contribution in [0.1, 0.15) is 111 Å². The van der Waals surface area contributed by atoms with Gasteiger partial charge in [0.1, 0.15) is 6.10 Å². The van der Waals surface area contributed by atoms with Crippen LogP contribution in [0.4, 0.5) is 0 Å². The van der Waals surface area contributed by atoms with Gasteiger partial charge in [-0.05, 0) is 111 Å². The van der Waals surface area contributed by atoms with Crippen LogP contribution in [0.25, 0.3) is 0 Å². The molecule has 0 amide bonds. The molecule has 5 aliphatic rings. The largest absolute Gasteiger partial charge is 0.462 e. The molecule has 0 saturated heterocycles. The molecule has 38 heavy (non-hydrogen) atoms. The summed E-state index contributed by atoms with van der Waals surface area (Å²) in [6.45, 7) is 7.60. The summed E-state index contributed by atoms with van der Waals surface area (Å²) in [4.78, 5) is 13.1. The fraction of sp³-hybridized carbons (Fsp3) is 0.848. The number of unbranched alkanes of at least 4 members (excludes halogenated alkanes) is 2. The van der Waals surface area contributed by atoms with E-state index < -0.39 is 0 Å². The smallest absolute Gasteiger partial charge is 0.313 e. The van der Waals surface area contributed by atoms with E-state index in [0.717, 1.165) is 48.1 Å². The second-order valence-corrected chi connectivity index (χ2v) is 16.0. The fourth-order valence-electron chi connectivity index (χ4n) is 10.2. The summed E-state index contributed by atoms with van der Waals surface area (Å²) < 4.78 is 6.57. The summed E-state index contributed by atoms with van der Waals surface area (Å²) in [6.07, 6.45) is 21.9. The van der Waals surface area contributed by atoms with Crippen LogP contribution in [0.3, 0.4) is 0 Å². The lowest BCUT2D eigenvalue weighted by molar-refractivity contribution is -0.156. The van der Waals surface area contributed by atoms with E-state index in [1.165, 1.54) is 70.6 Å². The van der Waals surface area contributed by atoms with Gasteiger partial charge in [0.2, 0.25) is 0 Å². The molecular formula is C33H53IN2O2. The predicted molar refractivity (Wildman–Crippen MR) is 165 cm³/mol. The number of ether oxygens (including phenoxy) is 1. The van der Waals surface area contributed by atoms with Gasteiger partial charge < -0.3 is 15.8 Å². The van der Waals surface area contributed by atoms with E-state index in [2.05, 4.69) is 48.7 Å². The van der Waals surface area contributed by atoms with Gasteiger partial charge in [-0.1, -0.05) is 69.0 Å². The Bertz CT molecular complexity index is 932. The van der Waals surface area contributed by atoms with Crippen molar-refractivity contribution in [3.05, 3.63) is 23.5 Å². The number of nitrogens with one attached hydrogen (secondary N) is 1. The van der Waals surface area contributed by atoms with Gasteiger partial charge in [0.05, 0.1) is 5.92 Å². The van der Waals surface area contributed by atoms with E-state index in [4.69, 9.17) is 10.5 Å². The van der Waals surface area contributed by atoms with Crippen molar-refractivity contribution in [1.82, 2.24) is 5.32 Å². The third-order valence-electron chi connectivity index (χ3n) is 12.1. The fourth-order valence-corrected chi connectivity index (χ4v) is 11.8. The minimum Gasteiger partial charge on any atom is -0.462 e. The maximum absolute atomic E-state index is 13.1. The van der Waals surface area contributed by atoms with Crippen molar-refractivity contribution in [2.45, 2.75) is 120 Å². The van der Waals surface area contributed by atoms with E-state index >= 15 is 0 Å². The zero-order valence-corrected chi connectivity index (χ0v) is 26.6. The number of hydrogen-bond donors (Lipinski definition) is 2. The highest BCUT2D eigenvalue weighted by Gasteiger charge is 2.61. The second kappa shape index (κ2) is 11.6. The second-order valence-electron chi connectivity index (χ2n) is 14.0. The number of carbonyl (C=O) groups is 1. The molecule has 5 heteroatoms. The van der Waals surface area contributed by atoms with Crippen molar-refractivity contribution in [2.24, 2.45) is 52.6 Å². The third kappa shape index (κ3) is 5.32. The number of nitrogens with two attached hydrogens (primary N) is 1. The van der Waals surface area contributed by atoms with Gasteiger partial charge in [0.15, 0.2) is 0 Å². The van der Waals surface area contributed by atoms with Crippen LogP contribution in [-0.4, -0.2) is 22.5 Å². The Morgan fingerprint density at radius 1 is 1.16 bits per heavy atom. The lowest BCUT2D eigenvalue weighted by atomic mass is 9.49. The highest BCUT2D eigenvalue weighted by atomic mass is 127. The number of esters is 1. The van der Waals surface area contributed by atoms with Crippen molar-refractivity contribution in [2.75, 3.05) is 7.05 Å². The molecule has 5 aliphatic carbocycles. The molecule has 10 atom stereocenters. The zero-order valence-electron chi connectivity index (χ0n) is 24.4. The summed E-state index contributed by atoms with van der Waals surface area (Å²) in [5.74, 6) is 4.85. The Hall–Kier alpha value is -0.720. The van der Waals surface area contributed by atoms with Gasteiger partial charge in [0.25, 0.3) is 0 Å². The van der Waals surface area contributed by atoms with Gasteiger partial charge >= 0.3 is 5.97 Å². The van der Waals surface area contributed by atoms with E-state index in [0.29, 0.717) is 26.9 Å². The number of carbonyl (C=O) groups excluding carboxylic acids is 1. The first kappa shape index (κ1) is 28.8. The molecule has 0 bridgehead atoms. The Morgan fingerprint density at radius 3 is 2.74 bits per heavy atom. The highest BCUT2D eigenvalue weighted by molar-refractivity contribution is 14.1. The van der Waals surface area contributed by atoms with Gasteiger partial charge in [-0.2, -0.15) is 0 Å². The number of halogens is 1. The minimum absolute atomic E-state index is 0.0687. The molecule has 0 aromatic carbocycles. The standard InChI is InChI=1S/C33H53IN2O2/c1-5-6-7-8-21(2)28-11-12-29-27-10-9-23-19-26(13-16-33(23,34)30(27)14-15-32(28,29)3)38-31(37)22-17-24(35)20-25(18-22)36-4/h17,20-23,26-30,36H,5-16,18-19,35H2,1-4H3. The lowest BCUT2D eigenvalue weighted by Crippen LogP contribution is -2.56. The molecule has 10 unspecified atom stereocenters. The molecule has 0 heterocycles. The maximum atomic E-state index is 13.1. The molecular weight excluding hydrogens is 583 g/mol. The van der Waals surface area contributed by atoms with Gasteiger partial charge in [0, 0.05) is 28.3 Å². The van der Waals surface area contributed by atoms with Crippen LogP contribution in [-0.2, 0) is 9.53 Å². The molecule has 214 valence electrons. The van der Waals surface area contributed by atoms with Gasteiger partial charge in [-0.15, -0.1) is 0 Å². The number of rotatable bonds is 8. The average molecular weight is 637 g/mol. The first-order valence-corrected chi connectivity index (χ1v) is 17.0. The number of fused-ring (bicyclic) bond motifs is 5. The molecule has 0 aromatic rings. The maximum Gasteiger partial charge on any atom is 0.313 e. The van der Waals surface area contributed by atoms with E-state index in [-0.39, 0.29) is 18.0 Å². The van der Waals surface area contributed by atoms with E-state index in [1.807, 2.05) is 19.2 Å². The van der Waals surface area contributed by atoms with E-state index in [9.17, 15) is 4.79 Å². The van der Waals surface area contributed by atoms with Crippen molar-refractivity contribution in [3.63, 3.8) is 0 Å². The van der Waals surface area contributed by atoms with Crippen LogP contribution in [0.2, 0.25) is 0 Å². The molecule has 0 spiro atoms. The SMILES string of the molecule is CCCCCC(C)C1CCC2C3CCC4CC(OC(=O)C5C=C(N)C=C(NC)C5)CCC4(I)C3CCC12C. The number of allylic oxidation sites excluding steroid dienone is 2. The summed E-state index contributed by atoms with van der Waals surface area (Å²) in [6, 6.07) is 0. The van der Waals surface area contributed by atoms with Crippen LogP contribution < -0.4 is 11.1 Å². The lowest BCUT2D eigenvalue weighted by Gasteiger charge is -2.60. The summed E-state index contributed by atoms with van der Waals surface area (Å²) >= 11 is 2.92. The predicted octanol–water partition coefficient (Wildman–Crippen LogP) is 7.91. The van der Waals surface area contributed by atoms with Crippen molar-refractivity contribution < 1.29 is 9.53 Å². The molecule has 4 saturated carbocycles. The Balaban J connectivity index is 1.20. The number of hydrogen-bond acceptors (Lipinski definition) is 4. The first-order chi connectivity index (χ1) is 18.2. The zero-order chi connectivity index (χ0) is 27.1. The topological polar surface area (TPSA) is 64.3 Å². The molecule has 0 aliphatic heterocycles. The molecule has 0 radical (unpaired) electrons. The minimum atomic E-state index is -0.264. The third-order valence-corrected chi connectivity index (χ3v) is 14.3. The average Bonchev–Trinajstić information content (AvgIpc) is 3.26. The first-order valence-electron chi connectivity index (χ1n) is 15.9. The normalized spacial score (nSPS) is 43.1. The summed E-state index contributed by atoms with van der Waals surface area (Å²) in [5.41, 5.74) is 8.29. The quantitative estimate of drug-likeness (QED) is 0.123. The molecule has 5 rings (SSSR count). The van der Waals surface area contributed by atoms with Crippen molar-refractivity contribution in [1.29, 1.82) is 0 Å². The van der Waals surface area contributed by atoms with Crippen LogP contribution in [0.15, 0.2) is 23.5 Å². The molecule has 4 nitrogen and oxygen atoms in total. The van der Waals surface area contributed by atoms with Crippen LogP contribution in [0.5, 0.6) is 0 Å². The summed E-state index contributed by atoms with van der Waals surface area (Å²) in [7, 11) is 1.89. The highest BCUT2D eigenvalue weighted by Crippen LogP contribution is 2.68. The van der Waals surface area contributed by atoms with E-state index in [1.54, 1.807) is 0 Å². The Kier molecular flexibility index (Phi) is 8.82. The van der Waals surface area contributed by atoms with Crippen LogP contribution in [0, 0.1) is 46.8 Å². The molecule has 4 fully saturated rings. The number of alkyl halides is 1. The van der Waals surface area contributed by atoms with Crippen molar-refractivity contribution in [3.8, 4) is 0 Å². The Morgan fingerprint density at radius 2 is 1.97 bits per heavy atom. The van der Waals surface area contributed by atoms with Crippen molar-refractivity contribution >= 4 is 28.6 Å². The Labute approximate surface area is 245 Å². The van der Waals surface area contributed by atoms with Gasteiger partial charge in [-0.3, -0.25) is 4.79 Å².